The molecule has 3 aromatic rings. The van der Waals surface area contributed by atoms with E-state index in [1.165, 1.54) is 0 Å². The van der Waals surface area contributed by atoms with Crippen molar-refractivity contribution in [2.45, 2.75) is 33.1 Å². The molecule has 2 aromatic heterocycles. The summed E-state index contributed by atoms with van der Waals surface area (Å²) >= 11 is 0. The first-order chi connectivity index (χ1) is 11.4. The molecule has 5 heteroatoms. The Bertz CT molecular complexity index is 903. The Labute approximate surface area is 142 Å². The summed E-state index contributed by atoms with van der Waals surface area (Å²) in [5.41, 5.74) is 3.52. The number of benzene rings is 1. The van der Waals surface area contributed by atoms with Crippen molar-refractivity contribution in [2.75, 3.05) is 7.11 Å². The number of hydrogen-bond donors (Lipinski definition) is 0. The minimum atomic E-state index is -0.131. The molecule has 0 N–H and O–H groups in total. The van der Waals surface area contributed by atoms with Crippen molar-refractivity contribution in [1.29, 1.82) is 0 Å². The summed E-state index contributed by atoms with van der Waals surface area (Å²) in [7, 11) is 1.63. The van der Waals surface area contributed by atoms with Gasteiger partial charge in [-0.15, -0.1) is 10.2 Å². The van der Waals surface area contributed by atoms with Crippen molar-refractivity contribution < 1.29 is 4.74 Å². The van der Waals surface area contributed by atoms with Crippen molar-refractivity contribution in [1.82, 2.24) is 9.38 Å². The third-order valence-electron chi connectivity index (χ3n) is 3.87. The number of para-hydroxylation sites is 1. The molecule has 0 spiro atoms. The maximum atomic E-state index is 5.34. The normalized spacial score (nSPS) is 12.2. The third kappa shape index (κ3) is 2.89. The molecule has 1 aromatic carbocycles. The summed E-state index contributed by atoms with van der Waals surface area (Å²) in [6.07, 6.45) is 1.97. The number of aryl methyl sites for hydroxylation is 1. The highest BCUT2D eigenvalue weighted by Gasteiger charge is 2.24. The summed E-state index contributed by atoms with van der Waals surface area (Å²) in [6, 6.07) is 11.6. The summed E-state index contributed by atoms with van der Waals surface area (Å²) < 4.78 is 7.34. The average molecular weight is 322 g/mol. The monoisotopic (exact) mass is 322 g/mol. The number of azo groups is 1. The number of ether oxygens (including phenoxy) is 1. The molecule has 0 bridgehead atoms. The lowest BCUT2D eigenvalue weighted by atomic mass is 9.92. The fourth-order valence-corrected chi connectivity index (χ4v) is 2.60. The van der Waals surface area contributed by atoms with Gasteiger partial charge in [-0.25, -0.2) is 4.98 Å². The number of fused-ring (bicyclic) bond motifs is 1. The van der Waals surface area contributed by atoms with Crippen LogP contribution in [0.2, 0.25) is 0 Å². The highest BCUT2D eigenvalue weighted by atomic mass is 16.5. The molecule has 0 unspecified atom stereocenters. The molecule has 5 nitrogen and oxygen atoms in total. The Morgan fingerprint density at radius 1 is 1.04 bits per heavy atom. The molecule has 0 saturated carbocycles. The van der Waals surface area contributed by atoms with E-state index in [9.17, 15) is 0 Å². The van der Waals surface area contributed by atoms with Gasteiger partial charge < -0.3 is 4.74 Å². The number of hydrogen-bond acceptors (Lipinski definition) is 4. The Morgan fingerprint density at radius 2 is 1.79 bits per heavy atom. The molecular weight excluding hydrogens is 300 g/mol. The van der Waals surface area contributed by atoms with Gasteiger partial charge in [0, 0.05) is 11.6 Å². The maximum Gasteiger partial charge on any atom is 0.183 e. The third-order valence-corrected chi connectivity index (χ3v) is 3.87. The van der Waals surface area contributed by atoms with Crippen LogP contribution in [0.1, 0.15) is 32.0 Å². The van der Waals surface area contributed by atoms with E-state index in [4.69, 9.17) is 9.72 Å². The first-order valence-electron chi connectivity index (χ1n) is 7.94. The maximum absolute atomic E-state index is 5.34. The topological polar surface area (TPSA) is 51.2 Å². The fraction of sp³-hybridized carbons (Fsp3) is 0.316. The highest BCUT2D eigenvalue weighted by Crippen LogP contribution is 2.35. The summed E-state index contributed by atoms with van der Waals surface area (Å²) in [5, 5.41) is 8.94. The summed E-state index contributed by atoms with van der Waals surface area (Å²) in [4.78, 5) is 4.82. The summed E-state index contributed by atoms with van der Waals surface area (Å²) in [5.74, 6) is 1.45. The average Bonchev–Trinajstić information content (AvgIpc) is 2.93. The number of rotatable bonds is 3. The minimum Gasteiger partial charge on any atom is -0.494 e. The zero-order valence-electron chi connectivity index (χ0n) is 14.7. The van der Waals surface area contributed by atoms with Gasteiger partial charge in [-0.1, -0.05) is 39.0 Å². The van der Waals surface area contributed by atoms with Gasteiger partial charge in [-0.05, 0) is 30.7 Å². The Morgan fingerprint density at radius 3 is 2.50 bits per heavy atom. The van der Waals surface area contributed by atoms with Gasteiger partial charge in [0.2, 0.25) is 0 Å². The molecule has 24 heavy (non-hydrogen) atoms. The molecule has 2 heterocycles. The van der Waals surface area contributed by atoms with Crippen LogP contribution in [0, 0.1) is 6.92 Å². The van der Waals surface area contributed by atoms with Crippen LogP contribution in [-0.4, -0.2) is 16.5 Å². The molecule has 0 atom stereocenters. The molecule has 3 rings (SSSR count). The van der Waals surface area contributed by atoms with Crippen molar-refractivity contribution in [3.63, 3.8) is 0 Å². The summed E-state index contributed by atoms with van der Waals surface area (Å²) in [6.45, 7) is 8.45. The van der Waals surface area contributed by atoms with Gasteiger partial charge in [-0.3, -0.25) is 4.40 Å². The highest BCUT2D eigenvalue weighted by molar-refractivity contribution is 5.58. The van der Waals surface area contributed by atoms with Crippen LogP contribution in [0.5, 0.6) is 5.75 Å². The zero-order chi connectivity index (χ0) is 17.3. The van der Waals surface area contributed by atoms with Gasteiger partial charge in [0.25, 0.3) is 0 Å². The van der Waals surface area contributed by atoms with Crippen LogP contribution in [-0.2, 0) is 5.41 Å². The number of pyridine rings is 1. The van der Waals surface area contributed by atoms with Crippen molar-refractivity contribution in [2.24, 2.45) is 10.2 Å². The smallest absolute Gasteiger partial charge is 0.183 e. The number of imidazole rings is 1. The van der Waals surface area contributed by atoms with E-state index in [0.717, 1.165) is 22.7 Å². The number of nitrogens with zero attached hydrogens (tertiary/aromatic N) is 4. The lowest BCUT2D eigenvalue weighted by Gasteiger charge is -2.15. The number of aromatic nitrogens is 2. The molecule has 0 aliphatic heterocycles. The first kappa shape index (κ1) is 16.2. The lowest BCUT2D eigenvalue weighted by molar-refractivity contribution is 0.416. The van der Waals surface area contributed by atoms with Gasteiger partial charge in [0.1, 0.15) is 17.1 Å². The van der Waals surface area contributed by atoms with Crippen molar-refractivity contribution in [3.8, 4) is 5.75 Å². The molecule has 0 aliphatic carbocycles. The van der Waals surface area contributed by atoms with Gasteiger partial charge in [-0.2, -0.15) is 0 Å². The molecular formula is C19H22N4O. The van der Waals surface area contributed by atoms with Gasteiger partial charge >= 0.3 is 0 Å². The van der Waals surface area contributed by atoms with Crippen LogP contribution in [0.25, 0.3) is 5.65 Å². The van der Waals surface area contributed by atoms with Crippen LogP contribution in [0.4, 0.5) is 11.5 Å². The SMILES string of the molecule is COc1ccccc1N=Nc1c(C(C)(C)C)nc2c(C)cccn12. The van der Waals surface area contributed by atoms with Gasteiger partial charge in [0.05, 0.1) is 12.8 Å². The van der Waals surface area contributed by atoms with Gasteiger partial charge in [0.15, 0.2) is 5.82 Å². The second-order valence-electron chi connectivity index (χ2n) is 6.79. The predicted molar refractivity (Wildman–Crippen MR) is 95.8 cm³/mol. The second kappa shape index (κ2) is 6.07. The van der Waals surface area contributed by atoms with E-state index in [1.807, 2.05) is 40.9 Å². The number of methoxy groups -OCH3 is 1. The first-order valence-corrected chi connectivity index (χ1v) is 7.94. The zero-order valence-corrected chi connectivity index (χ0v) is 14.7. The molecule has 124 valence electrons. The largest absolute Gasteiger partial charge is 0.494 e. The molecule has 0 radical (unpaired) electrons. The molecule has 0 amide bonds. The predicted octanol–water partition coefficient (Wildman–Crippen LogP) is 5.36. The van der Waals surface area contributed by atoms with Crippen LogP contribution < -0.4 is 4.74 Å². The van der Waals surface area contributed by atoms with Crippen molar-refractivity contribution >= 4 is 17.2 Å². The van der Waals surface area contributed by atoms with E-state index in [-0.39, 0.29) is 5.41 Å². The standard InChI is InChI=1S/C19H22N4O/c1-13-9-8-12-23-17(13)20-16(19(2,3)4)18(23)22-21-14-10-6-7-11-15(14)24-5/h6-12H,1-5H3. The quantitative estimate of drug-likeness (QED) is 0.609. The van der Waals surface area contributed by atoms with E-state index in [2.05, 4.69) is 44.0 Å². The molecule has 0 saturated heterocycles. The minimum absolute atomic E-state index is 0.131. The van der Waals surface area contributed by atoms with E-state index < -0.39 is 0 Å². The fourth-order valence-electron chi connectivity index (χ4n) is 2.60. The van der Waals surface area contributed by atoms with Crippen molar-refractivity contribution in [3.05, 3.63) is 53.9 Å². The Hall–Kier alpha value is -2.69. The van der Waals surface area contributed by atoms with E-state index in [0.29, 0.717) is 11.4 Å². The molecule has 0 fully saturated rings. The van der Waals surface area contributed by atoms with E-state index in [1.54, 1.807) is 7.11 Å². The second-order valence-corrected chi connectivity index (χ2v) is 6.79. The van der Waals surface area contributed by atoms with E-state index >= 15 is 0 Å². The van der Waals surface area contributed by atoms with Crippen LogP contribution in [0.15, 0.2) is 52.8 Å². The Balaban J connectivity index is 2.18. The van der Waals surface area contributed by atoms with Crippen LogP contribution in [0.3, 0.4) is 0 Å². The van der Waals surface area contributed by atoms with Crippen LogP contribution >= 0.6 is 0 Å². The Kier molecular flexibility index (Phi) is 4.09. The molecule has 0 aliphatic rings. The lowest BCUT2D eigenvalue weighted by Crippen LogP contribution is -2.11.